The molecule has 0 aliphatic rings. The van der Waals surface area contributed by atoms with Gasteiger partial charge in [-0.1, -0.05) is 18.2 Å². The van der Waals surface area contributed by atoms with Crippen LogP contribution in [0.2, 0.25) is 0 Å². The summed E-state index contributed by atoms with van der Waals surface area (Å²) in [5.41, 5.74) is 4.19. The summed E-state index contributed by atoms with van der Waals surface area (Å²) in [6, 6.07) is 17.3. The van der Waals surface area contributed by atoms with Gasteiger partial charge < -0.3 is 10.2 Å². The molecule has 132 valence electrons. The number of pyridine rings is 2. The molecule has 5 nitrogen and oxygen atoms in total. The number of amides is 1. The second-order valence-corrected chi connectivity index (χ2v) is 5.99. The van der Waals surface area contributed by atoms with Gasteiger partial charge in [0.05, 0.1) is 12.2 Å². The zero-order chi connectivity index (χ0) is 18.4. The standard InChI is InChI=1S/C21H22N4O/c1-3-25(19-9-6-7-16(2)13-19)21(26)20-14-17(10-12-23-20)24-15-18-8-4-5-11-22-18/h4-14H,3,15H2,1-2H3,(H,23,24). The van der Waals surface area contributed by atoms with Crippen molar-refractivity contribution in [1.82, 2.24) is 9.97 Å². The van der Waals surface area contributed by atoms with E-state index in [1.165, 1.54) is 0 Å². The van der Waals surface area contributed by atoms with Crippen molar-refractivity contribution >= 4 is 17.3 Å². The van der Waals surface area contributed by atoms with E-state index in [9.17, 15) is 4.79 Å². The Morgan fingerprint density at radius 2 is 1.92 bits per heavy atom. The maximum absolute atomic E-state index is 12.9. The molecule has 5 heteroatoms. The van der Waals surface area contributed by atoms with Gasteiger partial charge in [-0.3, -0.25) is 14.8 Å². The number of nitrogens with zero attached hydrogens (tertiary/aromatic N) is 3. The molecule has 0 radical (unpaired) electrons. The minimum absolute atomic E-state index is 0.111. The Morgan fingerprint density at radius 3 is 2.65 bits per heavy atom. The van der Waals surface area contributed by atoms with Crippen molar-refractivity contribution in [2.45, 2.75) is 20.4 Å². The van der Waals surface area contributed by atoms with Crippen LogP contribution < -0.4 is 10.2 Å². The zero-order valence-electron chi connectivity index (χ0n) is 15.0. The highest BCUT2D eigenvalue weighted by Gasteiger charge is 2.17. The highest BCUT2D eigenvalue weighted by molar-refractivity contribution is 6.05. The minimum atomic E-state index is -0.111. The molecule has 0 aliphatic heterocycles. The van der Waals surface area contributed by atoms with Crippen LogP contribution in [0.25, 0.3) is 0 Å². The Morgan fingerprint density at radius 1 is 1.04 bits per heavy atom. The summed E-state index contributed by atoms with van der Waals surface area (Å²) in [5.74, 6) is -0.111. The van der Waals surface area contributed by atoms with E-state index >= 15 is 0 Å². The second kappa shape index (κ2) is 8.25. The predicted octanol–water partition coefficient (Wildman–Crippen LogP) is 4.06. The molecule has 26 heavy (non-hydrogen) atoms. The first-order chi connectivity index (χ1) is 12.7. The van der Waals surface area contributed by atoms with Crippen molar-refractivity contribution in [3.05, 3.63) is 83.9 Å². The zero-order valence-corrected chi connectivity index (χ0v) is 15.0. The first kappa shape index (κ1) is 17.6. The van der Waals surface area contributed by atoms with Crippen molar-refractivity contribution in [3.8, 4) is 0 Å². The molecule has 1 aromatic carbocycles. The number of aromatic nitrogens is 2. The molecule has 0 aliphatic carbocycles. The van der Waals surface area contributed by atoms with E-state index in [-0.39, 0.29) is 5.91 Å². The number of anilines is 2. The third-order valence-corrected chi connectivity index (χ3v) is 4.05. The normalized spacial score (nSPS) is 10.4. The summed E-state index contributed by atoms with van der Waals surface area (Å²) in [4.78, 5) is 23.2. The smallest absolute Gasteiger partial charge is 0.276 e. The van der Waals surface area contributed by atoms with Gasteiger partial charge in [-0.2, -0.15) is 0 Å². The van der Waals surface area contributed by atoms with Crippen LogP contribution in [-0.2, 0) is 6.54 Å². The van der Waals surface area contributed by atoms with Crippen molar-refractivity contribution < 1.29 is 4.79 Å². The number of benzene rings is 1. The first-order valence-electron chi connectivity index (χ1n) is 8.65. The fraction of sp³-hybridized carbons (Fsp3) is 0.190. The van der Waals surface area contributed by atoms with Crippen molar-refractivity contribution in [2.24, 2.45) is 0 Å². The van der Waals surface area contributed by atoms with E-state index in [2.05, 4.69) is 15.3 Å². The molecule has 0 bridgehead atoms. The van der Waals surface area contributed by atoms with E-state index < -0.39 is 0 Å². The highest BCUT2D eigenvalue weighted by Crippen LogP contribution is 2.19. The van der Waals surface area contributed by atoms with Gasteiger partial charge in [-0.05, 0) is 55.8 Å². The van der Waals surface area contributed by atoms with Gasteiger partial charge in [0.1, 0.15) is 5.69 Å². The van der Waals surface area contributed by atoms with Gasteiger partial charge >= 0.3 is 0 Å². The summed E-state index contributed by atoms with van der Waals surface area (Å²) in [6.45, 7) is 5.15. The SMILES string of the molecule is CCN(C(=O)c1cc(NCc2ccccn2)ccn1)c1cccc(C)c1. The molecule has 2 heterocycles. The van der Waals surface area contributed by atoms with E-state index in [1.54, 1.807) is 23.4 Å². The summed E-state index contributed by atoms with van der Waals surface area (Å²) in [5, 5.41) is 3.29. The molecule has 0 unspecified atom stereocenters. The molecule has 1 N–H and O–H groups in total. The Labute approximate surface area is 153 Å². The molecule has 2 aromatic heterocycles. The molecule has 3 aromatic rings. The number of carbonyl (C=O) groups excluding carboxylic acids is 1. The van der Waals surface area contributed by atoms with Crippen molar-refractivity contribution in [1.29, 1.82) is 0 Å². The Hall–Kier alpha value is -3.21. The van der Waals surface area contributed by atoms with Gasteiger partial charge in [0, 0.05) is 30.3 Å². The van der Waals surface area contributed by atoms with Crippen LogP contribution in [-0.4, -0.2) is 22.4 Å². The number of rotatable bonds is 6. The van der Waals surface area contributed by atoms with Crippen LogP contribution in [0.1, 0.15) is 28.7 Å². The van der Waals surface area contributed by atoms with E-state index in [1.807, 2.05) is 62.4 Å². The number of hydrogen-bond donors (Lipinski definition) is 1. The molecular weight excluding hydrogens is 324 g/mol. The Balaban J connectivity index is 1.76. The maximum atomic E-state index is 12.9. The minimum Gasteiger partial charge on any atom is -0.379 e. The molecule has 3 rings (SSSR count). The quantitative estimate of drug-likeness (QED) is 0.731. The number of carbonyl (C=O) groups is 1. The van der Waals surface area contributed by atoms with Gasteiger partial charge in [0.2, 0.25) is 0 Å². The number of hydrogen-bond acceptors (Lipinski definition) is 4. The topological polar surface area (TPSA) is 58.1 Å². The molecule has 0 fully saturated rings. The summed E-state index contributed by atoms with van der Waals surface area (Å²) < 4.78 is 0. The maximum Gasteiger partial charge on any atom is 0.276 e. The van der Waals surface area contributed by atoms with Gasteiger partial charge in [-0.15, -0.1) is 0 Å². The first-order valence-corrected chi connectivity index (χ1v) is 8.65. The molecule has 1 amide bonds. The van der Waals surface area contributed by atoms with Crippen LogP contribution in [0.5, 0.6) is 0 Å². The van der Waals surface area contributed by atoms with Crippen molar-refractivity contribution in [2.75, 3.05) is 16.8 Å². The average Bonchev–Trinajstić information content (AvgIpc) is 2.68. The molecule has 0 atom stereocenters. The third-order valence-electron chi connectivity index (χ3n) is 4.05. The second-order valence-electron chi connectivity index (χ2n) is 5.99. The monoisotopic (exact) mass is 346 g/mol. The summed E-state index contributed by atoms with van der Waals surface area (Å²) in [7, 11) is 0. The molecule has 0 saturated heterocycles. The van der Waals surface area contributed by atoms with Crippen LogP contribution in [0.4, 0.5) is 11.4 Å². The highest BCUT2D eigenvalue weighted by atomic mass is 16.2. The summed E-state index contributed by atoms with van der Waals surface area (Å²) in [6.07, 6.45) is 3.41. The lowest BCUT2D eigenvalue weighted by atomic mass is 10.2. The fourth-order valence-corrected chi connectivity index (χ4v) is 2.73. The third kappa shape index (κ3) is 4.25. The van der Waals surface area contributed by atoms with E-state index in [4.69, 9.17) is 0 Å². The largest absolute Gasteiger partial charge is 0.379 e. The predicted molar refractivity (Wildman–Crippen MR) is 104 cm³/mol. The van der Waals surface area contributed by atoms with Crippen LogP contribution >= 0.6 is 0 Å². The molecule has 0 saturated carbocycles. The van der Waals surface area contributed by atoms with Crippen LogP contribution in [0, 0.1) is 6.92 Å². The van der Waals surface area contributed by atoms with Crippen LogP contribution in [0.15, 0.2) is 67.0 Å². The molecular formula is C21H22N4O. The van der Waals surface area contributed by atoms with Crippen LogP contribution in [0.3, 0.4) is 0 Å². The molecule has 0 spiro atoms. The number of nitrogens with one attached hydrogen (secondary N) is 1. The van der Waals surface area contributed by atoms with E-state index in [0.29, 0.717) is 18.8 Å². The lowest BCUT2D eigenvalue weighted by Gasteiger charge is -2.21. The fourth-order valence-electron chi connectivity index (χ4n) is 2.73. The van der Waals surface area contributed by atoms with Gasteiger partial charge in [-0.25, -0.2) is 0 Å². The van der Waals surface area contributed by atoms with Gasteiger partial charge in [0.15, 0.2) is 0 Å². The average molecular weight is 346 g/mol. The lowest BCUT2D eigenvalue weighted by Crippen LogP contribution is -2.31. The van der Waals surface area contributed by atoms with Gasteiger partial charge in [0.25, 0.3) is 5.91 Å². The Bertz CT molecular complexity index is 880. The van der Waals surface area contributed by atoms with E-state index in [0.717, 1.165) is 22.6 Å². The lowest BCUT2D eigenvalue weighted by molar-refractivity contribution is 0.0983. The number of aryl methyl sites for hydroxylation is 1. The summed E-state index contributed by atoms with van der Waals surface area (Å²) >= 11 is 0. The Kier molecular flexibility index (Phi) is 5.59. The van der Waals surface area contributed by atoms with Crippen molar-refractivity contribution in [3.63, 3.8) is 0 Å².